The van der Waals surface area contributed by atoms with Crippen LogP contribution in [0, 0.1) is 11.6 Å². The van der Waals surface area contributed by atoms with Gasteiger partial charge in [0.15, 0.2) is 0 Å². The maximum Gasteiger partial charge on any atom is 0.232 e. The molecule has 1 aromatic rings. The fraction of sp³-hybridized carbons (Fsp3) is 0.500. The summed E-state index contributed by atoms with van der Waals surface area (Å²) in [6.45, 7) is 1.88. The smallest absolute Gasteiger partial charge is 0.232 e. The van der Waals surface area contributed by atoms with Gasteiger partial charge in [0.2, 0.25) is 15.9 Å². The van der Waals surface area contributed by atoms with Crippen molar-refractivity contribution in [3.8, 4) is 0 Å². The standard InChI is InChI=1S/C14H20F2N2O3S/c1-3-4-5-14(19)17-8-9-18(22(2,20)21)13-7-6-11(15)10-12(13)16/h6-7,10H,3-5,8-9H2,1-2H3,(H,17,19). The lowest BCUT2D eigenvalue weighted by atomic mass is 10.2. The Balaban J connectivity index is 2.77. The normalized spacial score (nSPS) is 11.3. The summed E-state index contributed by atoms with van der Waals surface area (Å²) in [5.41, 5.74) is -0.244. The highest BCUT2D eigenvalue weighted by Crippen LogP contribution is 2.22. The molecular weight excluding hydrogens is 314 g/mol. The summed E-state index contributed by atoms with van der Waals surface area (Å²) in [5.74, 6) is -1.94. The molecule has 0 spiro atoms. The van der Waals surface area contributed by atoms with E-state index in [1.54, 1.807) is 0 Å². The molecule has 0 heterocycles. The van der Waals surface area contributed by atoms with Gasteiger partial charge in [-0.1, -0.05) is 13.3 Å². The maximum absolute atomic E-state index is 13.7. The molecule has 0 aliphatic heterocycles. The second-order valence-electron chi connectivity index (χ2n) is 4.88. The van der Waals surface area contributed by atoms with Gasteiger partial charge in [-0.25, -0.2) is 17.2 Å². The van der Waals surface area contributed by atoms with Gasteiger partial charge in [-0.3, -0.25) is 9.10 Å². The Morgan fingerprint density at radius 3 is 2.55 bits per heavy atom. The van der Waals surface area contributed by atoms with Crippen molar-refractivity contribution >= 4 is 21.6 Å². The minimum Gasteiger partial charge on any atom is -0.354 e. The molecule has 0 aliphatic carbocycles. The molecular formula is C14H20F2N2O3S. The zero-order valence-corrected chi connectivity index (χ0v) is 13.4. The highest BCUT2D eigenvalue weighted by atomic mass is 32.2. The number of nitrogens with zero attached hydrogens (tertiary/aromatic N) is 1. The molecule has 1 amide bonds. The first kappa shape index (κ1) is 18.3. The van der Waals surface area contributed by atoms with Crippen molar-refractivity contribution in [1.82, 2.24) is 5.32 Å². The molecule has 0 unspecified atom stereocenters. The van der Waals surface area contributed by atoms with Crippen molar-refractivity contribution < 1.29 is 22.0 Å². The Morgan fingerprint density at radius 2 is 2.00 bits per heavy atom. The van der Waals surface area contributed by atoms with Crippen LogP contribution in [-0.2, 0) is 14.8 Å². The van der Waals surface area contributed by atoms with E-state index in [9.17, 15) is 22.0 Å². The molecule has 0 aliphatic rings. The molecule has 8 heteroatoms. The van der Waals surface area contributed by atoms with Crippen LogP contribution >= 0.6 is 0 Å². The predicted molar refractivity (Wildman–Crippen MR) is 81.1 cm³/mol. The van der Waals surface area contributed by atoms with Gasteiger partial charge in [-0.05, 0) is 18.6 Å². The summed E-state index contributed by atoms with van der Waals surface area (Å²) in [5, 5.41) is 2.58. The monoisotopic (exact) mass is 334 g/mol. The predicted octanol–water partition coefficient (Wildman–Crippen LogP) is 2.04. The number of hydrogen-bond acceptors (Lipinski definition) is 3. The molecule has 0 fully saturated rings. The summed E-state index contributed by atoms with van der Waals surface area (Å²) in [4.78, 5) is 11.5. The van der Waals surface area contributed by atoms with Crippen molar-refractivity contribution in [3.63, 3.8) is 0 Å². The summed E-state index contributed by atoms with van der Waals surface area (Å²) < 4.78 is 51.0. The van der Waals surface area contributed by atoms with Gasteiger partial charge < -0.3 is 5.32 Å². The average Bonchev–Trinajstić information content (AvgIpc) is 2.41. The van der Waals surface area contributed by atoms with Crippen LogP contribution in [0.15, 0.2) is 18.2 Å². The summed E-state index contributed by atoms with van der Waals surface area (Å²) in [6, 6.07) is 2.66. The number of sulfonamides is 1. The first-order chi connectivity index (χ1) is 10.3. The number of amides is 1. The van der Waals surface area contributed by atoms with Crippen LogP contribution in [0.5, 0.6) is 0 Å². The van der Waals surface area contributed by atoms with Gasteiger partial charge in [0.05, 0.1) is 18.5 Å². The molecule has 5 nitrogen and oxygen atoms in total. The molecule has 124 valence electrons. The molecule has 0 atom stereocenters. The lowest BCUT2D eigenvalue weighted by molar-refractivity contribution is -0.121. The topological polar surface area (TPSA) is 66.5 Å². The lowest BCUT2D eigenvalue weighted by Gasteiger charge is -2.23. The Hall–Kier alpha value is -1.70. The fourth-order valence-electron chi connectivity index (χ4n) is 1.87. The maximum atomic E-state index is 13.7. The number of anilines is 1. The second kappa shape index (κ2) is 8.07. The highest BCUT2D eigenvalue weighted by molar-refractivity contribution is 7.92. The van der Waals surface area contributed by atoms with E-state index < -0.39 is 21.7 Å². The summed E-state index contributed by atoms with van der Waals surface area (Å²) in [7, 11) is -3.75. The van der Waals surface area contributed by atoms with E-state index in [1.165, 1.54) is 0 Å². The molecule has 22 heavy (non-hydrogen) atoms. The van der Waals surface area contributed by atoms with E-state index in [0.717, 1.165) is 35.5 Å². The van der Waals surface area contributed by atoms with E-state index in [1.807, 2.05) is 6.92 Å². The first-order valence-electron chi connectivity index (χ1n) is 6.95. The molecule has 0 radical (unpaired) electrons. The summed E-state index contributed by atoms with van der Waals surface area (Å²) >= 11 is 0. The number of benzene rings is 1. The Bertz CT molecular complexity index is 621. The van der Waals surface area contributed by atoms with E-state index in [4.69, 9.17) is 0 Å². The zero-order chi connectivity index (χ0) is 16.8. The molecule has 0 saturated carbocycles. The van der Waals surface area contributed by atoms with E-state index in [0.29, 0.717) is 12.5 Å². The highest BCUT2D eigenvalue weighted by Gasteiger charge is 2.21. The number of carbonyl (C=O) groups excluding carboxylic acids is 1. The van der Waals surface area contributed by atoms with Crippen molar-refractivity contribution in [2.45, 2.75) is 26.2 Å². The van der Waals surface area contributed by atoms with Crippen LogP contribution in [0.4, 0.5) is 14.5 Å². The van der Waals surface area contributed by atoms with Crippen LogP contribution in [0.25, 0.3) is 0 Å². The quantitative estimate of drug-likeness (QED) is 0.791. The Morgan fingerprint density at radius 1 is 1.32 bits per heavy atom. The van der Waals surface area contributed by atoms with Crippen molar-refractivity contribution in [2.75, 3.05) is 23.7 Å². The minimum absolute atomic E-state index is 0.0480. The van der Waals surface area contributed by atoms with Gasteiger partial charge in [0.25, 0.3) is 0 Å². The number of hydrogen-bond donors (Lipinski definition) is 1. The average molecular weight is 334 g/mol. The molecule has 1 rings (SSSR count). The van der Waals surface area contributed by atoms with Crippen molar-refractivity contribution in [1.29, 1.82) is 0 Å². The second-order valence-corrected chi connectivity index (χ2v) is 6.79. The van der Waals surface area contributed by atoms with Crippen LogP contribution in [0.3, 0.4) is 0 Å². The lowest BCUT2D eigenvalue weighted by Crippen LogP contribution is -2.38. The number of rotatable bonds is 8. The molecule has 0 bridgehead atoms. The SMILES string of the molecule is CCCCC(=O)NCCN(c1ccc(F)cc1F)S(C)(=O)=O. The van der Waals surface area contributed by atoms with Gasteiger partial charge in [-0.2, -0.15) is 0 Å². The van der Waals surface area contributed by atoms with Gasteiger partial charge in [0, 0.05) is 19.0 Å². The Labute approximate surface area is 129 Å². The van der Waals surface area contributed by atoms with Crippen molar-refractivity contribution in [3.05, 3.63) is 29.8 Å². The van der Waals surface area contributed by atoms with Gasteiger partial charge >= 0.3 is 0 Å². The third-order valence-electron chi connectivity index (χ3n) is 2.97. The zero-order valence-electron chi connectivity index (χ0n) is 12.6. The Kier molecular flexibility index (Phi) is 6.73. The van der Waals surface area contributed by atoms with Crippen LogP contribution in [0.1, 0.15) is 26.2 Å². The number of unbranched alkanes of at least 4 members (excludes halogenated alkanes) is 1. The molecule has 0 saturated heterocycles. The van der Waals surface area contributed by atoms with Crippen LogP contribution in [0.2, 0.25) is 0 Å². The molecule has 1 N–H and O–H groups in total. The van der Waals surface area contributed by atoms with E-state index in [2.05, 4.69) is 5.32 Å². The summed E-state index contributed by atoms with van der Waals surface area (Å²) in [6.07, 6.45) is 2.91. The fourth-order valence-corrected chi connectivity index (χ4v) is 2.80. The third kappa shape index (κ3) is 5.59. The number of halogens is 2. The van der Waals surface area contributed by atoms with E-state index >= 15 is 0 Å². The molecule has 1 aromatic carbocycles. The first-order valence-corrected chi connectivity index (χ1v) is 8.80. The van der Waals surface area contributed by atoms with Crippen LogP contribution in [-0.4, -0.2) is 33.7 Å². The minimum atomic E-state index is -3.75. The largest absolute Gasteiger partial charge is 0.354 e. The molecule has 0 aromatic heterocycles. The number of carbonyl (C=O) groups is 1. The van der Waals surface area contributed by atoms with Crippen LogP contribution < -0.4 is 9.62 Å². The van der Waals surface area contributed by atoms with Gasteiger partial charge in [-0.15, -0.1) is 0 Å². The third-order valence-corrected chi connectivity index (χ3v) is 4.15. The van der Waals surface area contributed by atoms with E-state index in [-0.39, 0.29) is 24.7 Å². The van der Waals surface area contributed by atoms with Gasteiger partial charge in [0.1, 0.15) is 11.6 Å². The number of nitrogens with one attached hydrogen (secondary N) is 1. The van der Waals surface area contributed by atoms with Crippen molar-refractivity contribution in [2.24, 2.45) is 0 Å².